The van der Waals surface area contributed by atoms with E-state index >= 15 is 0 Å². The Morgan fingerprint density at radius 1 is 1.14 bits per heavy atom. The lowest BCUT2D eigenvalue weighted by Gasteiger charge is -2.24. The molecule has 0 unspecified atom stereocenters. The molecule has 2 N–H and O–H groups in total. The minimum absolute atomic E-state index is 0.281. The number of rotatable bonds is 7. The second-order valence-electron chi connectivity index (χ2n) is 6.47. The van der Waals surface area contributed by atoms with E-state index in [0.29, 0.717) is 30.5 Å². The monoisotopic (exact) mass is 389 g/mol. The van der Waals surface area contributed by atoms with Crippen molar-refractivity contribution in [1.29, 1.82) is 0 Å². The Balaban J connectivity index is 2.09. The van der Waals surface area contributed by atoms with E-state index in [9.17, 15) is 9.50 Å². The number of aliphatic hydroxyl groups excluding tert-OH is 1. The first kappa shape index (κ1) is 21.5. The summed E-state index contributed by atoms with van der Waals surface area (Å²) in [6.45, 7) is 2.79. The summed E-state index contributed by atoms with van der Waals surface area (Å²) in [6.07, 6.45) is 0. The van der Waals surface area contributed by atoms with Crippen LogP contribution in [0, 0.1) is 12.7 Å². The molecule has 7 heteroatoms. The molecule has 2 aromatic rings. The molecule has 0 fully saturated rings. The van der Waals surface area contributed by atoms with Crippen LogP contribution in [0.5, 0.6) is 11.5 Å². The van der Waals surface area contributed by atoms with Gasteiger partial charge in [0, 0.05) is 32.7 Å². The molecule has 0 spiro atoms. The molecule has 152 valence electrons. The Kier molecular flexibility index (Phi) is 7.63. The molecule has 2 aromatic carbocycles. The van der Waals surface area contributed by atoms with Gasteiger partial charge in [0.25, 0.3) is 0 Å². The molecule has 0 aliphatic rings. The Hall–Kier alpha value is -2.80. The number of nitrogens with one attached hydrogen (secondary N) is 1. The van der Waals surface area contributed by atoms with Gasteiger partial charge in [0.15, 0.2) is 17.5 Å². The second kappa shape index (κ2) is 9.94. The first-order valence-corrected chi connectivity index (χ1v) is 8.94. The summed E-state index contributed by atoms with van der Waals surface area (Å²) >= 11 is 0. The zero-order valence-corrected chi connectivity index (χ0v) is 17.0. The van der Waals surface area contributed by atoms with Crippen LogP contribution in [0.3, 0.4) is 0 Å². The third-order valence-electron chi connectivity index (χ3n) is 4.55. The first-order chi connectivity index (χ1) is 13.4. The van der Waals surface area contributed by atoms with Crippen LogP contribution in [-0.4, -0.2) is 44.3 Å². The number of aryl methyl sites for hydroxylation is 1. The fourth-order valence-electron chi connectivity index (χ4n) is 2.95. The summed E-state index contributed by atoms with van der Waals surface area (Å²) in [6, 6.07) is 8.61. The molecule has 0 aliphatic heterocycles. The largest absolute Gasteiger partial charge is 0.493 e. The zero-order chi connectivity index (χ0) is 20.7. The van der Waals surface area contributed by atoms with Gasteiger partial charge in [-0.1, -0.05) is 6.07 Å². The number of nitrogens with zero attached hydrogens (tertiary/aromatic N) is 2. The minimum atomic E-state index is -0.406. The summed E-state index contributed by atoms with van der Waals surface area (Å²) in [7, 11) is 6.89. The van der Waals surface area contributed by atoms with Crippen LogP contribution >= 0.6 is 0 Å². The minimum Gasteiger partial charge on any atom is -0.493 e. The number of hydrogen-bond acceptors (Lipinski definition) is 4. The average Bonchev–Trinajstić information content (AvgIpc) is 2.70. The van der Waals surface area contributed by atoms with Crippen molar-refractivity contribution in [2.24, 2.45) is 4.99 Å². The van der Waals surface area contributed by atoms with E-state index in [4.69, 9.17) is 9.47 Å². The average molecular weight is 389 g/mol. The SMILES string of the molecule is CN=C(NCc1ccc(F)c(CO)c1)N(C)Cc1cc(OC)c(OC)cc1C. The van der Waals surface area contributed by atoms with Gasteiger partial charge < -0.3 is 24.8 Å². The lowest BCUT2D eigenvalue weighted by molar-refractivity contribution is 0.275. The van der Waals surface area contributed by atoms with Crippen molar-refractivity contribution in [2.45, 2.75) is 26.6 Å². The van der Waals surface area contributed by atoms with Gasteiger partial charge in [0.2, 0.25) is 0 Å². The summed E-state index contributed by atoms with van der Waals surface area (Å²) in [5.41, 5.74) is 3.32. The fraction of sp³-hybridized carbons (Fsp3) is 0.381. The predicted octanol–water partition coefficient (Wildman–Crippen LogP) is 2.85. The van der Waals surface area contributed by atoms with Crippen LogP contribution in [0.4, 0.5) is 4.39 Å². The van der Waals surface area contributed by atoms with Crippen LogP contribution in [0.15, 0.2) is 35.3 Å². The van der Waals surface area contributed by atoms with E-state index < -0.39 is 5.82 Å². The van der Waals surface area contributed by atoms with Gasteiger partial charge in [-0.3, -0.25) is 4.99 Å². The Labute approximate surface area is 165 Å². The maximum absolute atomic E-state index is 13.5. The highest BCUT2D eigenvalue weighted by Gasteiger charge is 2.13. The van der Waals surface area contributed by atoms with Crippen molar-refractivity contribution in [3.8, 4) is 11.5 Å². The number of aliphatic hydroxyl groups is 1. The molecule has 0 heterocycles. The summed E-state index contributed by atoms with van der Waals surface area (Å²) in [4.78, 5) is 6.31. The van der Waals surface area contributed by atoms with Crippen molar-refractivity contribution < 1.29 is 19.0 Å². The Morgan fingerprint density at radius 3 is 2.43 bits per heavy atom. The van der Waals surface area contributed by atoms with E-state index in [1.54, 1.807) is 33.4 Å². The van der Waals surface area contributed by atoms with Gasteiger partial charge >= 0.3 is 0 Å². The van der Waals surface area contributed by atoms with Crippen molar-refractivity contribution in [3.63, 3.8) is 0 Å². The molecule has 0 saturated heterocycles. The standard InChI is InChI=1S/C21H28FN3O3/c1-14-8-19(27-4)20(28-5)10-16(14)12-25(3)21(23-2)24-11-15-6-7-18(22)17(9-15)13-26/h6-10,26H,11-13H2,1-5H3,(H,23,24). The smallest absolute Gasteiger partial charge is 0.193 e. The molecule has 2 rings (SSSR count). The van der Waals surface area contributed by atoms with Crippen LogP contribution in [0.2, 0.25) is 0 Å². The highest BCUT2D eigenvalue weighted by Crippen LogP contribution is 2.30. The molecule has 0 atom stereocenters. The van der Waals surface area contributed by atoms with Crippen molar-refractivity contribution >= 4 is 5.96 Å². The number of hydrogen-bond donors (Lipinski definition) is 2. The van der Waals surface area contributed by atoms with E-state index in [2.05, 4.69) is 10.3 Å². The maximum Gasteiger partial charge on any atom is 0.193 e. The number of methoxy groups -OCH3 is 2. The summed E-state index contributed by atoms with van der Waals surface area (Å²) < 4.78 is 24.3. The highest BCUT2D eigenvalue weighted by molar-refractivity contribution is 5.79. The molecule has 28 heavy (non-hydrogen) atoms. The number of halogens is 1. The molecule has 0 aromatic heterocycles. The van der Waals surface area contributed by atoms with Gasteiger partial charge in [-0.15, -0.1) is 0 Å². The fourth-order valence-corrected chi connectivity index (χ4v) is 2.95. The van der Waals surface area contributed by atoms with E-state index in [0.717, 1.165) is 16.7 Å². The summed E-state index contributed by atoms with van der Waals surface area (Å²) in [5.74, 6) is 1.67. The lowest BCUT2D eigenvalue weighted by Crippen LogP contribution is -2.38. The van der Waals surface area contributed by atoms with Gasteiger partial charge in [-0.2, -0.15) is 0 Å². The molecular weight excluding hydrogens is 361 g/mol. The molecule has 0 bridgehead atoms. The number of ether oxygens (including phenoxy) is 2. The Bertz CT molecular complexity index is 840. The molecule has 0 saturated carbocycles. The molecule has 0 aliphatic carbocycles. The zero-order valence-electron chi connectivity index (χ0n) is 17.0. The molecule has 0 radical (unpaired) electrons. The number of benzene rings is 2. The van der Waals surface area contributed by atoms with Crippen LogP contribution in [0.1, 0.15) is 22.3 Å². The van der Waals surface area contributed by atoms with E-state index in [-0.39, 0.29) is 12.2 Å². The van der Waals surface area contributed by atoms with Gasteiger partial charge in [-0.05, 0) is 47.9 Å². The normalized spacial score (nSPS) is 11.3. The number of guanidine groups is 1. The van der Waals surface area contributed by atoms with E-state index in [1.807, 2.05) is 31.0 Å². The first-order valence-electron chi connectivity index (χ1n) is 8.94. The summed E-state index contributed by atoms with van der Waals surface area (Å²) in [5, 5.41) is 12.5. The molecular formula is C21H28FN3O3. The topological polar surface area (TPSA) is 66.3 Å². The van der Waals surface area contributed by atoms with Crippen LogP contribution in [-0.2, 0) is 19.7 Å². The van der Waals surface area contributed by atoms with Crippen molar-refractivity contribution in [2.75, 3.05) is 28.3 Å². The third kappa shape index (κ3) is 5.13. The second-order valence-corrected chi connectivity index (χ2v) is 6.47. The molecule has 0 amide bonds. The highest BCUT2D eigenvalue weighted by atomic mass is 19.1. The van der Waals surface area contributed by atoms with Gasteiger partial charge in [0.05, 0.1) is 20.8 Å². The van der Waals surface area contributed by atoms with E-state index in [1.165, 1.54) is 6.07 Å². The third-order valence-corrected chi connectivity index (χ3v) is 4.55. The maximum atomic E-state index is 13.5. The lowest BCUT2D eigenvalue weighted by atomic mass is 10.1. The number of aliphatic imine (C=N–C) groups is 1. The van der Waals surface area contributed by atoms with Crippen molar-refractivity contribution in [3.05, 3.63) is 58.4 Å². The molecule has 6 nitrogen and oxygen atoms in total. The quantitative estimate of drug-likeness (QED) is 0.563. The van der Waals surface area contributed by atoms with Crippen molar-refractivity contribution in [1.82, 2.24) is 10.2 Å². The van der Waals surface area contributed by atoms with Crippen LogP contribution in [0.25, 0.3) is 0 Å². The predicted molar refractivity (Wildman–Crippen MR) is 108 cm³/mol. The van der Waals surface area contributed by atoms with Gasteiger partial charge in [-0.25, -0.2) is 4.39 Å². The Morgan fingerprint density at radius 2 is 1.82 bits per heavy atom. The van der Waals surface area contributed by atoms with Gasteiger partial charge in [0.1, 0.15) is 5.82 Å². The van der Waals surface area contributed by atoms with Crippen LogP contribution < -0.4 is 14.8 Å².